The number of carbonyl (C=O) groups excluding carboxylic acids is 1. The number of nitrogens with one attached hydrogen (secondary N) is 1. The maximum Gasteiger partial charge on any atom is 0.255 e. The largest absolute Gasteiger partial charge is 0.387 e. The third kappa shape index (κ3) is 3.41. The summed E-state index contributed by atoms with van der Waals surface area (Å²) < 4.78 is 24.4. The van der Waals surface area contributed by atoms with Gasteiger partial charge in [-0.2, -0.15) is 0 Å². The molecule has 0 spiro atoms. The number of rotatable bonds is 4. The van der Waals surface area contributed by atoms with Crippen LogP contribution in [0.25, 0.3) is 0 Å². The highest BCUT2D eigenvalue weighted by molar-refractivity contribution is 5.99. The van der Waals surface area contributed by atoms with Gasteiger partial charge in [0.2, 0.25) is 0 Å². The zero-order valence-electron chi connectivity index (χ0n) is 10.1. The van der Waals surface area contributed by atoms with Crippen LogP contribution in [-0.4, -0.2) is 37.9 Å². The van der Waals surface area contributed by atoms with Gasteiger partial charge in [0.15, 0.2) is 0 Å². The van der Waals surface area contributed by atoms with Crippen LogP contribution in [-0.2, 0) is 0 Å². The van der Waals surface area contributed by atoms with E-state index < -0.39 is 18.9 Å². The monoisotopic (exact) mass is 242 g/mol. The molecule has 1 aromatic carbocycles. The van der Waals surface area contributed by atoms with E-state index in [4.69, 9.17) is 0 Å². The zero-order chi connectivity index (χ0) is 13.0. The second-order valence-electron chi connectivity index (χ2n) is 3.88. The first-order valence-corrected chi connectivity index (χ1v) is 5.27. The molecule has 0 fully saturated rings. The minimum Gasteiger partial charge on any atom is -0.387 e. The Hall–Kier alpha value is -1.65. The Morgan fingerprint density at radius 1 is 1.47 bits per heavy atom. The van der Waals surface area contributed by atoms with Crippen molar-refractivity contribution in [3.05, 3.63) is 29.3 Å². The molecule has 0 aromatic heterocycles. The number of hydrogen-bond acceptors (Lipinski definition) is 2. The van der Waals surface area contributed by atoms with Gasteiger partial charge in [0, 0.05) is 19.8 Å². The van der Waals surface area contributed by atoms with E-state index in [9.17, 15) is 13.6 Å². The Morgan fingerprint density at radius 2 is 2.12 bits per heavy atom. The molecule has 1 amide bonds. The van der Waals surface area contributed by atoms with E-state index >= 15 is 0 Å². The molecular formula is C12H16F2N2O. The van der Waals surface area contributed by atoms with Gasteiger partial charge >= 0.3 is 0 Å². The number of aryl methyl sites for hydroxylation is 1. The molecule has 1 rings (SSSR count). The summed E-state index contributed by atoms with van der Waals surface area (Å²) >= 11 is 0. The highest BCUT2D eigenvalue weighted by Crippen LogP contribution is 2.18. The van der Waals surface area contributed by atoms with Crippen LogP contribution in [0.3, 0.4) is 0 Å². The summed E-state index contributed by atoms with van der Waals surface area (Å²) in [4.78, 5) is 12.9. The average Bonchev–Trinajstić information content (AvgIpc) is 2.27. The summed E-state index contributed by atoms with van der Waals surface area (Å²) in [5.74, 6) is -0.408. The Bertz CT molecular complexity index is 407. The van der Waals surface area contributed by atoms with E-state index in [2.05, 4.69) is 5.32 Å². The molecule has 0 aliphatic carbocycles. The molecule has 0 aliphatic heterocycles. The molecular weight excluding hydrogens is 226 g/mol. The first kappa shape index (κ1) is 13.4. The topological polar surface area (TPSA) is 32.3 Å². The van der Waals surface area contributed by atoms with Crippen LogP contribution in [0.15, 0.2) is 18.2 Å². The first-order chi connectivity index (χ1) is 7.95. The molecule has 0 saturated carbocycles. The minimum atomic E-state index is -2.52. The molecule has 17 heavy (non-hydrogen) atoms. The van der Waals surface area contributed by atoms with Crippen LogP contribution >= 0.6 is 0 Å². The fourth-order valence-corrected chi connectivity index (χ4v) is 1.55. The predicted molar refractivity (Wildman–Crippen MR) is 63.7 cm³/mol. The van der Waals surface area contributed by atoms with Crippen LogP contribution in [0.2, 0.25) is 0 Å². The van der Waals surface area contributed by atoms with Gasteiger partial charge in [-0.05, 0) is 24.6 Å². The molecule has 0 unspecified atom stereocenters. The van der Waals surface area contributed by atoms with Gasteiger partial charge in [-0.15, -0.1) is 0 Å². The molecule has 0 radical (unpaired) electrons. The second-order valence-corrected chi connectivity index (χ2v) is 3.88. The molecule has 5 heteroatoms. The Balaban J connectivity index is 2.95. The van der Waals surface area contributed by atoms with E-state index in [1.54, 1.807) is 19.2 Å². The SMILES string of the molecule is CNc1cc(C)ccc1C(=O)N(C)CC(F)F. The highest BCUT2D eigenvalue weighted by atomic mass is 19.3. The minimum absolute atomic E-state index is 0.404. The summed E-state index contributed by atoms with van der Waals surface area (Å²) in [7, 11) is 3.06. The van der Waals surface area contributed by atoms with Crippen molar-refractivity contribution in [2.45, 2.75) is 13.3 Å². The van der Waals surface area contributed by atoms with Crippen molar-refractivity contribution in [2.75, 3.05) is 26.0 Å². The van der Waals surface area contributed by atoms with Gasteiger partial charge in [-0.25, -0.2) is 8.78 Å². The quantitative estimate of drug-likeness (QED) is 0.879. The molecule has 0 heterocycles. The summed E-state index contributed by atoms with van der Waals surface area (Å²) in [5.41, 5.74) is 2.06. The smallest absolute Gasteiger partial charge is 0.255 e. The van der Waals surface area contributed by atoms with E-state index in [1.807, 2.05) is 13.0 Å². The lowest BCUT2D eigenvalue weighted by atomic mass is 10.1. The number of benzene rings is 1. The number of hydrogen-bond donors (Lipinski definition) is 1. The molecule has 1 aromatic rings. The van der Waals surface area contributed by atoms with Gasteiger partial charge in [0.25, 0.3) is 12.3 Å². The number of carbonyl (C=O) groups is 1. The Morgan fingerprint density at radius 3 is 2.65 bits per heavy atom. The fraction of sp³-hybridized carbons (Fsp3) is 0.417. The summed E-state index contributed by atoms with van der Waals surface area (Å²) in [5, 5.41) is 2.89. The molecule has 0 bridgehead atoms. The van der Waals surface area contributed by atoms with E-state index in [1.165, 1.54) is 7.05 Å². The normalized spacial score (nSPS) is 10.5. The van der Waals surface area contributed by atoms with Gasteiger partial charge in [-0.3, -0.25) is 4.79 Å². The highest BCUT2D eigenvalue weighted by Gasteiger charge is 2.18. The number of amides is 1. The lowest BCUT2D eigenvalue weighted by Crippen LogP contribution is -2.31. The number of halogens is 2. The number of alkyl halides is 2. The van der Waals surface area contributed by atoms with Crippen molar-refractivity contribution in [2.24, 2.45) is 0 Å². The number of anilines is 1. The Kier molecular flexibility index (Phi) is 4.43. The third-order valence-electron chi connectivity index (χ3n) is 2.43. The van der Waals surface area contributed by atoms with E-state index in [0.29, 0.717) is 11.3 Å². The molecule has 0 saturated heterocycles. The van der Waals surface area contributed by atoms with E-state index in [0.717, 1.165) is 10.5 Å². The molecule has 0 atom stereocenters. The van der Waals surface area contributed by atoms with Gasteiger partial charge < -0.3 is 10.2 Å². The first-order valence-electron chi connectivity index (χ1n) is 5.27. The average molecular weight is 242 g/mol. The predicted octanol–water partition coefficient (Wildman–Crippen LogP) is 2.37. The molecule has 3 nitrogen and oxygen atoms in total. The molecule has 94 valence electrons. The summed E-state index contributed by atoms with van der Waals surface area (Å²) in [6.07, 6.45) is -2.52. The van der Waals surface area contributed by atoms with E-state index in [-0.39, 0.29) is 0 Å². The standard InChI is InChI=1S/C12H16F2N2O/c1-8-4-5-9(10(6-8)15-2)12(17)16(3)7-11(13)14/h4-6,11,15H,7H2,1-3H3. The lowest BCUT2D eigenvalue weighted by Gasteiger charge is -2.18. The van der Waals surface area contributed by atoms with Crippen LogP contribution in [0, 0.1) is 6.92 Å². The van der Waals surface area contributed by atoms with Crippen molar-refractivity contribution in [1.29, 1.82) is 0 Å². The third-order valence-corrected chi connectivity index (χ3v) is 2.43. The second kappa shape index (κ2) is 5.61. The molecule has 1 N–H and O–H groups in total. The van der Waals surface area contributed by atoms with Crippen LogP contribution in [0.1, 0.15) is 15.9 Å². The fourth-order valence-electron chi connectivity index (χ4n) is 1.55. The van der Waals surface area contributed by atoms with Gasteiger partial charge in [-0.1, -0.05) is 6.07 Å². The zero-order valence-corrected chi connectivity index (χ0v) is 10.1. The van der Waals surface area contributed by atoms with Crippen molar-refractivity contribution in [3.63, 3.8) is 0 Å². The van der Waals surface area contributed by atoms with Crippen molar-refractivity contribution >= 4 is 11.6 Å². The van der Waals surface area contributed by atoms with Crippen LogP contribution < -0.4 is 5.32 Å². The summed E-state index contributed by atoms with van der Waals surface area (Å²) in [6.45, 7) is 1.34. The summed E-state index contributed by atoms with van der Waals surface area (Å²) in [6, 6.07) is 5.24. The van der Waals surface area contributed by atoms with Crippen molar-refractivity contribution < 1.29 is 13.6 Å². The van der Waals surface area contributed by atoms with Crippen molar-refractivity contribution in [3.8, 4) is 0 Å². The maximum atomic E-state index is 12.2. The lowest BCUT2D eigenvalue weighted by molar-refractivity contribution is 0.0621. The van der Waals surface area contributed by atoms with Gasteiger partial charge in [0.05, 0.1) is 12.1 Å². The molecule has 0 aliphatic rings. The number of nitrogens with zero attached hydrogens (tertiary/aromatic N) is 1. The Labute approximate surface area is 99.4 Å². The van der Waals surface area contributed by atoms with Crippen LogP contribution in [0.4, 0.5) is 14.5 Å². The van der Waals surface area contributed by atoms with Gasteiger partial charge in [0.1, 0.15) is 0 Å². The maximum absolute atomic E-state index is 12.2. The van der Waals surface area contributed by atoms with Crippen molar-refractivity contribution in [1.82, 2.24) is 4.90 Å². The van der Waals surface area contributed by atoms with Crippen LogP contribution in [0.5, 0.6) is 0 Å².